The maximum atomic E-state index is 5.67. The Morgan fingerprint density at radius 3 is 2.42 bits per heavy atom. The van der Waals surface area contributed by atoms with E-state index in [4.69, 9.17) is 28.9 Å². The molecule has 0 spiro atoms. The number of rotatable bonds is 2. The number of hydrogen-bond acceptors (Lipinski definition) is 2. The molecule has 0 saturated carbocycles. The fraction of sp³-hybridized carbons (Fsp3) is 0.125. The van der Waals surface area contributed by atoms with Crippen molar-refractivity contribution in [1.82, 2.24) is 4.98 Å². The first-order valence-corrected chi connectivity index (χ1v) is 4.17. The number of nitrogens with two attached hydrogens (primary N) is 1. The van der Waals surface area contributed by atoms with E-state index in [0.29, 0.717) is 16.9 Å². The van der Waals surface area contributed by atoms with Crippen molar-refractivity contribution >= 4 is 29.3 Å². The maximum Gasteiger partial charge on any atom is 0.131 e. The topological polar surface area (TPSA) is 38.9 Å². The Morgan fingerprint density at radius 2 is 1.92 bits per heavy atom. The summed E-state index contributed by atoms with van der Waals surface area (Å²) in [4.78, 5) is 3.81. The summed E-state index contributed by atoms with van der Waals surface area (Å²) in [6.07, 6.45) is 3.67. The molecule has 1 heterocycles. The van der Waals surface area contributed by atoms with Crippen LogP contribution in [0, 0.1) is 0 Å². The van der Waals surface area contributed by atoms with E-state index in [2.05, 4.69) is 4.98 Å². The van der Waals surface area contributed by atoms with Crippen molar-refractivity contribution in [2.24, 2.45) is 5.73 Å². The molecule has 64 valence electrons. The summed E-state index contributed by atoms with van der Waals surface area (Å²) in [7, 11) is 0. The summed E-state index contributed by atoms with van der Waals surface area (Å²) in [5.41, 5.74) is 6.19. The second-order valence-electron chi connectivity index (χ2n) is 2.18. The van der Waals surface area contributed by atoms with Gasteiger partial charge in [-0.1, -0.05) is 35.4 Å². The standard InChI is InChI=1S/C8H8Cl2N2/c9-7-4-6(2-1-3-11)5-8(10)12-7/h1-2,4-5H,3,11H2/b2-1+. The van der Waals surface area contributed by atoms with Crippen LogP contribution in [0.15, 0.2) is 18.2 Å². The molecule has 4 heteroatoms. The maximum absolute atomic E-state index is 5.67. The highest BCUT2D eigenvalue weighted by Gasteiger charge is 1.95. The van der Waals surface area contributed by atoms with Gasteiger partial charge in [-0.05, 0) is 17.7 Å². The van der Waals surface area contributed by atoms with Crippen LogP contribution in [-0.2, 0) is 0 Å². The fourth-order valence-electron chi connectivity index (χ4n) is 0.784. The fourth-order valence-corrected chi connectivity index (χ4v) is 1.26. The summed E-state index contributed by atoms with van der Waals surface area (Å²) >= 11 is 11.3. The number of pyridine rings is 1. The minimum atomic E-state index is 0.388. The lowest BCUT2D eigenvalue weighted by atomic mass is 10.2. The van der Waals surface area contributed by atoms with Gasteiger partial charge in [0.1, 0.15) is 10.3 Å². The number of aromatic nitrogens is 1. The monoisotopic (exact) mass is 202 g/mol. The summed E-state index contributed by atoms with van der Waals surface area (Å²) in [6, 6.07) is 3.44. The first-order valence-electron chi connectivity index (χ1n) is 3.42. The normalized spacial score (nSPS) is 10.9. The van der Waals surface area contributed by atoms with Crippen LogP contribution in [0.5, 0.6) is 0 Å². The van der Waals surface area contributed by atoms with Gasteiger partial charge in [0.15, 0.2) is 0 Å². The van der Waals surface area contributed by atoms with Crippen LogP contribution in [-0.4, -0.2) is 11.5 Å². The van der Waals surface area contributed by atoms with Gasteiger partial charge >= 0.3 is 0 Å². The van der Waals surface area contributed by atoms with Crippen molar-refractivity contribution in [2.45, 2.75) is 0 Å². The van der Waals surface area contributed by atoms with Gasteiger partial charge in [0.2, 0.25) is 0 Å². The number of hydrogen-bond donors (Lipinski definition) is 1. The highest BCUT2D eigenvalue weighted by molar-refractivity contribution is 6.32. The van der Waals surface area contributed by atoms with E-state index >= 15 is 0 Å². The van der Waals surface area contributed by atoms with E-state index in [1.165, 1.54) is 0 Å². The Balaban J connectivity index is 2.93. The van der Waals surface area contributed by atoms with Crippen LogP contribution in [0.1, 0.15) is 5.56 Å². The van der Waals surface area contributed by atoms with Crippen molar-refractivity contribution in [1.29, 1.82) is 0 Å². The Bertz CT molecular complexity index is 277. The minimum absolute atomic E-state index is 0.388. The van der Waals surface area contributed by atoms with Gasteiger partial charge in [0, 0.05) is 6.54 Å². The van der Waals surface area contributed by atoms with Gasteiger partial charge in [-0.3, -0.25) is 0 Å². The third-order valence-electron chi connectivity index (χ3n) is 1.23. The summed E-state index contributed by atoms with van der Waals surface area (Å²) in [5.74, 6) is 0. The molecule has 0 saturated heterocycles. The average Bonchev–Trinajstić information content (AvgIpc) is 1.99. The van der Waals surface area contributed by atoms with E-state index in [9.17, 15) is 0 Å². The predicted octanol–water partition coefficient (Wildman–Crippen LogP) is 2.36. The second kappa shape index (κ2) is 4.45. The molecule has 0 aliphatic heterocycles. The van der Waals surface area contributed by atoms with E-state index in [1.54, 1.807) is 12.1 Å². The van der Waals surface area contributed by atoms with Crippen molar-refractivity contribution in [3.63, 3.8) is 0 Å². The van der Waals surface area contributed by atoms with Gasteiger partial charge in [0.25, 0.3) is 0 Å². The molecule has 12 heavy (non-hydrogen) atoms. The second-order valence-corrected chi connectivity index (χ2v) is 2.96. The molecule has 0 aliphatic rings. The molecule has 0 fully saturated rings. The molecule has 0 bridgehead atoms. The van der Waals surface area contributed by atoms with Crippen LogP contribution in [0.25, 0.3) is 6.08 Å². The van der Waals surface area contributed by atoms with Gasteiger partial charge in [-0.2, -0.15) is 0 Å². The molecule has 0 amide bonds. The zero-order valence-corrected chi connectivity index (χ0v) is 7.81. The van der Waals surface area contributed by atoms with Crippen LogP contribution >= 0.6 is 23.2 Å². The lowest BCUT2D eigenvalue weighted by Gasteiger charge is -1.95. The Labute approximate surface area is 81.0 Å². The van der Waals surface area contributed by atoms with Crippen molar-refractivity contribution in [3.05, 3.63) is 34.1 Å². The Kier molecular flexibility index (Phi) is 3.53. The third-order valence-corrected chi connectivity index (χ3v) is 1.62. The Morgan fingerprint density at radius 1 is 1.33 bits per heavy atom. The first-order chi connectivity index (χ1) is 5.72. The van der Waals surface area contributed by atoms with Crippen LogP contribution in [0.3, 0.4) is 0 Å². The summed E-state index contributed by atoms with van der Waals surface area (Å²) < 4.78 is 0. The highest BCUT2D eigenvalue weighted by atomic mass is 35.5. The van der Waals surface area contributed by atoms with Crippen LogP contribution in [0.2, 0.25) is 10.3 Å². The van der Waals surface area contributed by atoms with Crippen molar-refractivity contribution in [2.75, 3.05) is 6.54 Å². The zero-order chi connectivity index (χ0) is 8.97. The quantitative estimate of drug-likeness (QED) is 0.749. The van der Waals surface area contributed by atoms with Gasteiger partial charge in [-0.15, -0.1) is 0 Å². The van der Waals surface area contributed by atoms with E-state index < -0.39 is 0 Å². The summed E-state index contributed by atoms with van der Waals surface area (Å²) in [6.45, 7) is 0.498. The predicted molar refractivity (Wildman–Crippen MR) is 52.3 cm³/mol. The number of nitrogens with zero attached hydrogens (tertiary/aromatic N) is 1. The largest absolute Gasteiger partial charge is 0.327 e. The minimum Gasteiger partial charge on any atom is -0.327 e. The van der Waals surface area contributed by atoms with Gasteiger partial charge in [-0.25, -0.2) is 4.98 Å². The first kappa shape index (κ1) is 9.52. The highest BCUT2D eigenvalue weighted by Crippen LogP contribution is 2.15. The molecular weight excluding hydrogens is 195 g/mol. The Hall–Kier alpha value is -0.570. The molecule has 0 atom stereocenters. The molecular formula is C8H8Cl2N2. The molecule has 2 nitrogen and oxygen atoms in total. The van der Waals surface area contributed by atoms with E-state index in [1.807, 2.05) is 12.2 Å². The molecule has 0 aromatic carbocycles. The molecule has 0 radical (unpaired) electrons. The van der Waals surface area contributed by atoms with Gasteiger partial charge < -0.3 is 5.73 Å². The zero-order valence-electron chi connectivity index (χ0n) is 6.30. The molecule has 1 aromatic rings. The van der Waals surface area contributed by atoms with Crippen LogP contribution < -0.4 is 5.73 Å². The van der Waals surface area contributed by atoms with E-state index in [-0.39, 0.29) is 0 Å². The number of halogens is 2. The van der Waals surface area contributed by atoms with E-state index in [0.717, 1.165) is 5.56 Å². The van der Waals surface area contributed by atoms with Crippen LogP contribution in [0.4, 0.5) is 0 Å². The smallest absolute Gasteiger partial charge is 0.131 e. The lowest BCUT2D eigenvalue weighted by Crippen LogP contribution is -1.92. The van der Waals surface area contributed by atoms with Gasteiger partial charge in [0.05, 0.1) is 0 Å². The average molecular weight is 203 g/mol. The molecule has 0 aliphatic carbocycles. The molecule has 0 unspecified atom stereocenters. The van der Waals surface area contributed by atoms with Crippen molar-refractivity contribution < 1.29 is 0 Å². The molecule has 1 aromatic heterocycles. The SMILES string of the molecule is NC/C=C/c1cc(Cl)nc(Cl)c1. The van der Waals surface area contributed by atoms with Crippen molar-refractivity contribution in [3.8, 4) is 0 Å². The third kappa shape index (κ3) is 2.81. The summed E-state index contributed by atoms with van der Waals surface area (Å²) in [5, 5.41) is 0.776. The molecule has 1 rings (SSSR count). The molecule has 2 N–H and O–H groups in total. The lowest BCUT2D eigenvalue weighted by molar-refractivity contribution is 1.26.